The van der Waals surface area contributed by atoms with Gasteiger partial charge in [-0.15, -0.1) is 0 Å². The molecule has 31 heteroatoms. The third kappa shape index (κ3) is 21.6. The first kappa shape index (κ1) is 61.2. The lowest BCUT2D eigenvalue weighted by Gasteiger charge is -2.30. The molecule has 70 heavy (non-hydrogen) atoms. The van der Waals surface area contributed by atoms with Crippen molar-refractivity contribution < 1.29 is 95.8 Å². The predicted molar refractivity (Wildman–Crippen MR) is 251 cm³/mol. The zero-order chi connectivity index (χ0) is 52.3. The van der Waals surface area contributed by atoms with Crippen LogP contribution in [0.1, 0.15) is 91.2 Å². The number of anilines is 1. The quantitative estimate of drug-likeness (QED) is 0.0273. The van der Waals surface area contributed by atoms with Gasteiger partial charge in [0.2, 0.25) is 11.8 Å². The zero-order valence-electron chi connectivity index (χ0n) is 38.8. The molecule has 1 aliphatic heterocycles. The first-order valence-corrected chi connectivity index (χ1v) is 27.7. The summed E-state index contributed by atoms with van der Waals surface area (Å²) in [6.07, 6.45) is 2.88. The molecule has 0 bridgehead atoms. The van der Waals surface area contributed by atoms with E-state index in [4.69, 9.17) is 19.5 Å². The number of imidazole rings is 1. The zero-order valence-corrected chi connectivity index (χ0v) is 42.3. The Morgan fingerprint density at radius 2 is 1.61 bits per heavy atom. The van der Waals surface area contributed by atoms with Crippen molar-refractivity contribution in [3.05, 3.63) is 37.0 Å². The number of fused-ring (bicyclic) bond motifs is 1. The van der Waals surface area contributed by atoms with E-state index in [2.05, 4.69) is 34.4 Å². The molecule has 3 heterocycles. The van der Waals surface area contributed by atoms with Crippen LogP contribution in [-0.2, 0) is 50.7 Å². The summed E-state index contributed by atoms with van der Waals surface area (Å²) in [5.41, 5.74) is 4.23. The van der Waals surface area contributed by atoms with Gasteiger partial charge >= 0.3 is 23.5 Å². The van der Waals surface area contributed by atoms with Crippen LogP contribution in [-0.4, -0.2) is 156 Å². The second kappa shape index (κ2) is 29.0. The predicted octanol–water partition coefficient (Wildman–Crippen LogP) is 1.39. The van der Waals surface area contributed by atoms with E-state index >= 15 is 0 Å². The largest absolute Gasteiger partial charge is 0.481 e. The van der Waals surface area contributed by atoms with Gasteiger partial charge in [0, 0.05) is 37.1 Å². The minimum atomic E-state index is -5.59. The molecule has 2 aromatic rings. The van der Waals surface area contributed by atoms with Crippen molar-refractivity contribution in [1.29, 1.82) is 0 Å². The van der Waals surface area contributed by atoms with Crippen LogP contribution in [0.3, 0.4) is 0 Å². The fourth-order valence-corrected chi connectivity index (χ4v) is 10.1. The van der Waals surface area contributed by atoms with Gasteiger partial charge in [-0.2, -0.15) is 4.31 Å². The van der Waals surface area contributed by atoms with Crippen LogP contribution in [0, 0.1) is 5.41 Å². The Bertz CT molecular complexity index is 2200. The van der Waals surface area contributed by atoms with Crippen molar-refractivity contribution in [2.24, 2.45) is 5.41 Å². The van der Waals surface area contributed by atoms with E-state index in [0.717, 1.165) is 61.1 Å². The summed E-state index contributed by atoms with van der Waals surface area (Å²) in [6.45, 7) is 2.36. The third-order valence-corrected chi connectivity index (χ3v) is 14.4. The Balaban J connectivity index is 1.31. The van der Waals surface area contributed by atoms with E-state index in [-0.39, 0.29) is 41.6 Å². The molecule has 0 spiro atoms. The van der Waals surface area contributed by atoms with Gasteiger partial charge < -0.3 is 66.2 Å². The number of allylic oxidation sites excluding steroid dienone is 1. The summed E-state index contributed by atoms with van der Waals surface area (Å²) >= 11 is 1.07. The Labute approximate surface area is 408 Å². The van der Waals surface area contributed by atoms with Crippen LogP contribution in [0.15, 0.2) is 37.0 Å². The van der Waals surface area contributed by atoms with Gasteiger partial charge in [0.05, 0.1) is 37.9 Å². The number of aliphatic hydroxyl groups is 5. The van der Waals surface area contributed by atoms with Crippen molar-refractivity contribution in [1.82, 2.24) is 30.2 Å². The molecule has 2 amide bonds. The van der Waals surface area contributed by atoms with Gasteiger partial charge in [-0.25, -0.2) is 28.6 Å². The Kier molecular flexibility index (Phi) is 25.3. The minimum absolute atomic E-state index is 0.0224. The number of aliphatic hydroxyl groups excluding tert-OH is 5. The molecule has 0 aliphatic carbocycles. The lowest BCUT2D eigenvalue weighted by Crippen LogP contribution is -2.46. The molecule has 1 saturated heterocycles. The van der Waals surface area contributed by atoms with Crippen molar-refractivity contribution in [3.8, 4) is 0 Å². The lowest BCUT2D eigenvalue weighted by molar-refractivity contribution is -0.137. The van der Waals surface area contributed by atoms with E-state index in [9.17, 15) is 73.2 Å². The number of nitrogens with two attached hydrogens (primary N) is 1. The molecule has 10 atom stereocenters. The average molecular weight is 1080 g/mol. The van der Waals surface area contributed by atoms with Gasteiger partial charge in [-0.05, 0) is 25.7 Å². The Hall–Kier alpha value is -3.08. The summed E-state index contributed by atoms with van der Waals surface area (Å²) < 4.78 is 62.4. The number of thioether (sulfide) groups is 1. The molecule has 0 aromatic carbocycles. The molecular weight excluding hydrogens is 1010 g/mol. The van der Waals surface area contributed by atoms with Gasteiger partial charge in [0.1, 0.15) is 36.3 Å². The van der Waals surface area contributed by atoms with Crippen LogP contribution < -0.4 is 16.4 Å². The lowest BCUT2D eigenvalue weighted by atomic mass is 9.87. The van der Waals surface area contributed by atoms with Gasteiger partial charge in [-0.3, -0.25) is 32.5 Å². The molecule has 1 fully saturated rings. The molecular formula is C39H66N7O20P3S. The maximum Gasteiger partial charge on any atom is 0.481 e. The number of unbranched alkanes of at least 4 members (excludes halogenated alkanes) is 4. The fraction of sp³-hybridized carbons (Fsp3) is 0.692. The SMILES string of the molecule is CC/C=C/CC(O)C(O)/C=C/C(O)CCCCCCCC(=O)SCCNC(=O)CCNC(=O)C(O)C(C)(C)COP(=O)(O)OP(=O)(O)OCC1OC(n2cnc3c(N)ncnc32)C(O)C1OP(=O)(O)O. The fourth-order valence-electron chi connectivity index (χ4n) is 6.53. The Morgan fingerprint density at radius 1 is 0.929 bits per heavy atom. The number of hydrogen-bond acceptors (Lipinski definition) is 21. The average Bonchev–Trinajstić information content (AvgIpc) is 3.84. The molecule has 27 nitrogen and oxygen atoms in total. The number of ether oxygens (including phenoxy) is 1. The van der Waals surface area contributed by atoms with Crippen LogP contribution in [0.2, 0.25) is 0 Å². The standard InChI is InChI=1S/C39H66N7O20P3S/c1-4-5-9-13-26(48)27(49)16-15-25(47)12-10-7-6-8-11-14-30(51)70-20-19-41-29(50)17-18-42-37(54)34(53)39(2,3)22-63-69(60,61)66-68(58,59)62-21-28-33(65-67(55,56)57)32(52)38(64-28)46-24-45-31-35(40)43-23-44-36(31)46/h5,9,15-16,23-28,32-34,38,47-49,52-53H,4,6-8,10-14,17-22H2,1-3H3,(H,41,50)(H,42,54)(H,58,59)(H,60,61)(H2,40,43,44)(H2,55,56,57)/b9-5+,16-15+. The Morgan fingerprint density at radius 3 is 2.31 bits per heavy atom. The summed E-state index contributed by atoms with van der Waals surface area (Å²) in [6, 6.07) is 0. The summed E-state index contributed by atoms with van der Waals surface area (Å²) in [5, 5.41) is 56.5. The molecule has 13 N–H and O–H groups in total. The molecule has 2 aromatic heterocycles. The number of nitrogen functional groups attached to an aromatic ring is 1. The maximum absolute atomic E-state index is 12.7. The number of carbonyl (C=O) groups is 3. The number of nitrogens with zero attached hydrogens (tertiary/aromatic N) is 4. The van der Waals surface area contributed by atoms with Gasteiger partial charge in [0.25, 0.3) is 0 Å². The normalized spacial score (nSPS) is 21.4. The monoisotopic (exact) mass is 1080 g/mol. The minimum Gasteiger partial charge on any atom is -0.390 e. The number of phosphoric ester groups is 3. The summed E-state index contributed by atoms with van der Waals surface area (Å²) in [5.74, 6) is -1.18. The van der Waals surface area contributed by atoms with Gasteiger partial charge in [-0.1, -0.05) is 82.5 Å². The summed E-state index contributed by atoms with van der Waals surface area (Å²) in [4.78, 5) is 88.4. The number of aromatic nitrogens is 4. The van der Waals surface area contributed by atoms with Crippen LogP contribution in [0.25, 0.3) is 11.2 Å². The topological polar surface area (TPSA) is 424 Å². The van der Waals surface area contributed by atoms with E-state index < -0.39 is 103 Å². The molecule has 10 unspecified atom stereocenters. The van der Waals surface area contributed by atoms with E-state index in [1.807, 2.05) is 13.0 Å². The van der Waals surface area contributed by atoms with Gasteiger partial charge in [0.15, 0.2) is 22.8 Å². The number of carbonyl (C=O) groups excluding carboxylic acids is 3. The van der Waals surface area contributed by atoms with Crippen molar-refractivity contribution in [3.63, 3.8) is 0 Å². The molecule has 3 rings (SSSR count). The van der Waals surface area contributed by atoms with E-state index in [1.165, 1.54) is 26.0 Å². The van der Waals surface area contributed by atoms with Crippen LogP contribution in [0.5, 0.6) is 0 Å². The maximum atomic E-state index is 12.7. The van der Waals surface area contributed by atoms with Crippen molar-refractivity contribution in [2.75, 3.05) is 37.8 Å². The molecule has 1 aliphatic rings. The second-order valence-electron chi connectivity index (χ2n) is 16.7. The summed E-state index contributed by atoms with van der Waals surface area (Å²) in [7, 11) is -16.5. The molecule has 0 radical (unpaired) electrons. The first-order valence-electron chi connectivity index (χ1n) is 22.2. The highest BCUT2D eigenvalue weighted by Crippen LogP contribution is 2.61. The van der Waals surface area contributed by atoms with Crippen LogP contribution in [0.4, 0.5) is 5.82 Å². The second-order valence-corrected chi connectivity index (χ2v) is 22.1. The van der Waals surface area contributed by atoms with E-state index in [0.29, 0.717) is 31.4 Å². The number of phosphoric acid groups is 3. The highest BCUT2D eigenvalue weighted by atomic mass is 32.2. The number of hydrogen-bond donors (Lipinski definition) is 12. The number of rotatable bonds is 33. The van der Waals surface area contributed by atoms with Crippen molar-refractivity contribution in [2.45, 2.75) is 134 Å². The number of amides is 2. The highest BCUT2D eigenvalue weighted by molar-refractivity contribution is 8.13. The number of nitrogens with one attached hydrogen (secondary N) is 2. The van der Waals surface area contributed by atoms with E-state index in [1.54, 1.807) is 6.08 Å². The highest BCUT2D eigenvalue weighted by Gasteiger charge is 2.50. The van der Waals surface area contributed by atoms with Crippen LogP contribution >= 0.6 is 35.2 Å². The smallest absolute Gasteiger partial charge is 0.390 e. The molecule has 0 saturated carbocycles. The third-order valence-electron chi connectivity index (χ3n) is 10.4. The van der Waals surface area contributed by atoms with Crippen molar-refractivity contribution >= 4 is 69.1 Å². The first-order chi connectivity index (χ1) is 32.8. The molecule has 398 valence electrons.